The summed E-state index contributed by atoms with van der Waals surface area (Å²) >= 11 is 5.90. The third-order valence-electron chi connectivity index (χ3n) is 4.31. The highest BCUT2D eigenvalue weighted by Gasteiger charge is 2.20. The standard InChI is InChI=1S/C18H21ClN2O3S/c1-13-11-15(19)8-9-17(13)25(22,23)21-12-14-5-4-10-20-18(14)24-16-6-2-3-7-16/h4-5,8-11,16,21H,2-3,6-7,12H2,1H3. The highest BCUT2D eigenvalue weighted by molar-refractivity contribution is 7.89. The van der Waals surface area contributed by atoms with E-state index >= 15 is 0 Å². The number of hydrogen-bond acceptors (Lipinski definition) is 4. The molecule has 5 nitrogen and oxygen atoms in total. The van der Waals surface area contributed by atoms with Crippen LogP contribution in [0.2, 0.25) is 5.02 Å². The van der Waals surface area contributed by atoms with Crippen molar-refractivity contribution in [3.63, 3.8) is 0 Å². The monoisotopic (exact) mass is 380 g/mol. The first-order chi connectivity index (χ1) is 12.0. The molecule has 0 saturated heterocycles. The van der Waals surface area contributed by atoms with E-state index in [0.717, 1.165) is 31.2 Å². The molecular weight excluding hydrogens is 360 g/mol. The summed E-state index contributed by atoms with van der Waals surface area (Å²) in [7, 11) is -3.64. The van der Waals surface area contributed by atoms with Gasteiger partial charge in [-0.25, -0.2) is 18.1 Å². The third-order valence-corrected chi connectivity index (χ3v) is 6.11. The van der Waals surface area contributed by atoms with Gasteiger partial charge >= 0.3 is 0 Å². The van der Waals surface area contributed by atoms with Gasteiger partial charge in [-0.1, -0.05) is 17.7 Å². The van der Waals surface area contributed by atoms with Gasteiger partial charge in [0.25, 0.3) is 0 Å². The maximum atomic E-state index is 12.6. The van der Waals surface area contributed by atoms with Crippen LogP contribution in [0, 0.1) is 6.92 Å². The predicted molar refractivity (Wildman–Crippen MR) is 97.3 cm³/mol. The van der Waals surface area contributed by atoms with Gasteiger partial charge in [-0.05, 0) is 62.4 Å². The van der Waals surface area contributed by atoms with Crippen molar-refractivity contribution in [2.45, 2.75) is 50.2 Å². The fraction of sp³-hybridized carbons (Fsp3) is 0.389. The molecular formula is C18H21ClN2O3S. The summed E-state index contributed by atoms with van der Waals surface area (Å²) in [4.78, 5) is 4.49. The Kier molecular flexibility index (Phi) is 5.61. The Morgan fingerprint density at radius 3 is 2.76 bits per heavy atom. The number of pyridine rings is 1. The van der Waals surface area contributed by atoms with Crippen LogP contribution in [-0.2, 0) is 16.6 Å². The maximum Gasteiger partial charge on any atom is 0.241 e. The molecule has 0 spiro atoms. The molecule has 0 radical (unpaired) electrons. The Balaban J connectivity index is 1.74. The zero-order valence-corrected chi connectivity index (χ0v) is 15.6. The van der Waals surface area contributed by atoms with Crippen LogP contribution in [0.4, 0.5) is 0 Å². The third kappa shape index (κ3) is 4.51. The first kappa shape index (κ1) is 18.2. The molecule has 7 heteroatoms. The number of aromatic nitrogens is 1. The van der Waals surface area contributed by atoms with Gasteiger partial charge in [0.15, 0.2) is 0 Å². The van der Waals surface area contributed by atoms with Crippen molar-refractivity contribution >= 4 is 21.6 Å². The van der Waals surface area contributed by atoms with E-state index in [1.807, 2.05) is 6.07 Å². The summed E-state index contributed by atoms with van der Waals surface area (Å²) in [6.07, 6.45) is 6.19. The van der Waals surface area contributed by atoms with Crippen LogP contribution in [0.15, 0.2) is 41.4 Å². The molecule has 1 fully saturated rings. The minimum absolute atomic E-state index is 0.125. The van der Waals surface area contributed by atoms with Crippen LogP contribution in [-0.4, -0.2) is 19.5 Å². The largest absolute Gasteiger partial charge is 0.474 e. The van der Waals surface area contributed by atoms with Gasteiger partial charge in [-0.3, -0.25) is 0 Å². The van der Waals surface area contributed by atoms with Crippen molar-refractivity contribution in [1.82, 2.24) is 9.71 Å². The second-order valence-electron chi connectivity index (χ2n) is 6.23. The van der Waals surface area contributed by atoms with Gasteiger partial charge in [0, 0.05) is 23.3 Å². The molecule has 3 rings (SSSR count). The molecule has 0 unspecified atom stereocenters. The van der Waals surface area contributed by atoms with E-state index in [1.54, 1.807) is 31.3 Å². The number of hydrogen-bond donors (Lipinski definition) is 1. The fourth-order valence-corrected chi connectivity index (χ4v) is 4.45. The van der Waals surface area contributed by atoms with Crippen molar-refractivity contribution in [2.24, 2.45) is 0 Å². The number of sulfonamides is 1. The average Bonchev–Trinajstić information content (AvgIpc) is 3.07. The van der Waals surface area contributed by atoms with Gasteiger partial charge < -0.3 is 4.74 Å². The predicted octanol–water partition coefficient (Wildman–Crippen LogP) is 3.84. The van der Waals surface area contributed by atoms with Gasteiger partial charge in [-0.15, -0.1) is 0 Å². The van der Waals surface area contributed by atoms with E-state index < -0.39 is 10.0 Å². The molecule has 0 amide bonds. The van der Waals surface area contributed by atoms with Crippen LogP contribution in [0.1, 0.15) is 36.8 Å². The lowest BCUT2D eigenvalue weighted by Crippen LogP contribution is -2.25. The number of nitrogens with one attached hydrogen (secondary N) is 1. The van der Waals surface area contributed by atoms with Crippen molar-refractivity contribution in [3.8, 4) is 5.88 Å². The first-order valence-electron chi connectivity index (χ1n) is 8.32. The van der Waals surface area contributed by atoms with Crippen molar-refractivity contribution in [3.05, 3.63) is 52.7 Å². The molecule has 25 heavy (non-hydrogen) atoms. The minimum atomic E-state index is -3.64. The molecule has 134 valence electrons. The maximum absolute atomic E-state index is 12.6. The van der Waals surface area contributed by atoms with E-state index in [0.29, 0.717) is 16.5 Å². The molecule has 2 aromatic rings. The van der Waals surface area contributed by atoms with Crippen molar-refractivity contribution < 1.29 is 13.2 Å². The van der Waals surface area contributed by atoms with E-state index in [2.05, 4.69) is 9.71 Å². The van der Waals surface area contributed by atoms with Gasteiger partial charge in [0.05, 0.1) is 4.90 Å². The van der Waals surface area contributed by atoms with Crippen LogP contribution < -0.4 is 9.46 Å². The zero-order chi connectivity index (χ0) is 17.9. The Morgan fingerprint density at radius 2 is 2.04 bits per heavy atom. The van der Waals surface area contributed by atoms with Crippen LogP contribution in [0.3, 0.4) is 0 Å². The second-order valence-corrected chi connectivity index (χ2v) is 8.40. The lowest BCUT2D eigenvalue weighted by Gasteiger charge is -2.16. The van der Waals surface area contributed by atoms with E-state index in [4.69, 9.17) is 16.3 Å². The smallest absolute Gasteiger partial charge is 0.241 e. The topological polar surface area (TPSA) is 68.3 Å². The molecule has 0 bridgehead atoms. The highest BCUT2D eigenvalue weighted by atomic mass is 35.5. The van der Waals surface area contributed by atoms with Crippen LogP contribution in [0.5, 0.6) is 5.88 Å². The zero-order valence-electron chi connectivity index (χ0n) is 14.0. The Bertz CT molecular complexity index is 849. The Hall–Kier alpha value is -1.63. The van der Waals surface area contributed by atoms with Crippen LogP contribution >= 0.6 is 11.6 Å². The quantitative estimate of drug-likeness (QED) is 0.826. The molecule has 1 N–H and O–H groups in total. The molecule has 1 aromatic heterocycles. The summed E-state index contributed by atoms with van der Waals surface area (Å²) < 4.78 is 33.7. The van der Waals surface area contributed by atoms with E-state index in [9.17, 15) is 8.42 Å². The minimum Gasteiger partial charge on any atom is -0.474 e. The number of aryl methyl sites for hydroxylation is 1. The summed E-state index contributed by atoms with van der Waals surface area (Å²) in [5.41, 5.74) is 1.33. The SMILES string of the molecule is Cc1cc(Cl)ccc1S(=O)(=O)NCc1cccnc1OC1CCCC1. The molecule has 0 atom stereocenters. The normalized spacial score (nSPS) is 15.4. The molecule has 1 aliphatic rings. The van der Waals surface area contributed by atoms with E-state index in [-0.39, 0.29) is 17.5 Å². The fourth-order valence-electron chi connectivity index (χ4n) is 2.99. The summed E-state index contributed by atoms with van der Waals surface area (Å²) in [6, 6.07) is 8.32. The first-order valence-corrected chi connectivity index (χ1v) is 10.2. The lowest BCUT2D eigenvalue weighted by molar-refractivity contribution is 0.199. The van der Waals surface area contributed by atoms with Gasteiger partial charge in [-0.2, -0.15) is 0 Å². The molecule has 1 heterocycles. The summed E-state index contributed by atoms with van der Waals surface area (Å²) in [6.45, 7) is 1.85. The van der Waals surface area contributed by atoms with E-state index in [1.165, 1.54) is 6.07 Å². The summed E-state index contributed by atoms with van der Waals surface area (Å²) in [5.74, 6) is 0.505. The van der Waals surface area contributed by atoms with Gasteiger partial charge in [0.2, 0.25) is 15.9 Å². The molecule has 1 aliphatic carbocycles. The lowest BCUT2D eigenvalue weighted by atomic mass is 10.2. The highest BCUT2D eigenvalue weighted by Crippen LogP contribution is 2.25. The van der Waals surface area contributed by atoms with Gasteiger partial charge in [0.1, 0.15) is 6.10 Å². The molecule has 1 saturated carbocycles. The number of benzene rings is 1. The summed E-state index contributed by atoms with van der Waals surface area (Å²) in [5, 5.41) is 0.510. The number of ether oxygens (including phenoxy) is 1. The number of halogens is 1. The second kappa shape index (κ2) is 7.72. The Morgan fingerprint density at radius 1 is 1.28 bits per heavy atom. The van der Waals surface area contributed by atoms with Crippen LogP contribution in [0.25, 0.3) is 0 Å². The molecule has 0 aliphatic heterocycles. The van der Waals surface area contributed by atoms with Crippen molar-refractivity contribution in [1.29, 1.82) is 0 Å². The molecule has 1 aromatic carbocycles. The van der Waals surface area contributed by atoms with Crippen molar-refractivity contribution in [2.75, 3.05) is 0 Å². The number of rotatable bonds is 6. The Labute approximate surface area is 153 Å². The average molecular weight is 381 g/mol. The number of nitrogens with zero attached hydrogens (tertiary/aromatic N) is 1.